The van der Waals surface area contributed by atoms with Gasteiger partial charge in [-0.3, -0.25) is 4.79 Å². The Hall–Kier alpha value is -1.43. The maximum absolute atomic E-state index is 12.6. The van der Waals surface area contributed by atoms with Gasteiger partial charge in [0.05, 0.1) is 11.0 Å². The molecular formula is C13H15BrN2O4S. The Kier molecular flexibility index (Phi) is 5.50. The van der Waals surface area contributed by atoms with E-state index in [1.807, 2.05) is 6.07 Å². The number of carbonyl (C=O) groups is 1. The number of benzene rings is 1. The van der Waals surface area contributed by atoms with Crippen LogP contribution in [0.5, 0.6) is 0 Å². The highest BCUT2D eigenvalue weighted by Gasteiger charge is 2.42. The molecule has 114 valence electrons. The topological polar surface area (TPSA) is 98.5 Å². The second kappa shape index (κ2) is 6.56. The van der Waals surface area contributed by atoms with Crippen molar-refractivity contribution in [2.75, 3.05) is 6.54 Å². The summed E-state index contributed by atoms with van der Waals surface area (Å²) in [6.45, 7) is 2.40. The normalized spacial score (nSPS) is 12.1. The summed E-state index contributed by atoms with van der Waals surface area (Å²) in [5.41, 5.74) is -1.65. The molecule has 6 nitrogen and oxygen atoms in total. The fourth-order valence-electron chi connectivity index (χ4n) is 1.69. The fraction of sp³-hybridized carbons (Fsp3) is 0.385. The van der Waals surface area contributed by atoms with Gasteiger partial charge in [-0.1, -0.05) is 15.9 Å². The fourth-order valence-corrected chi connectivity index (χ4v) is 3.70. The molecule has 0 saturated carbocycles. The molecule has 0 saturated heterocycles. The first-order valence-electron chi connectivity index (χ1n) is 6.03. The van der Waals surface area contributed by atoms with E-state index in [1.54, 1.807) is 12.1 Å². The number of carboxylic acids is 1. The summed E-state index contributed by atoms with van der Waals surface area (Å²) in [7, 11) is -4.01. The van der Waals surface area contributed by atoms with Crippen LogP contribution < -0.4 is 0 Å². The lowest BCUT2D eigenvalue weighted by Crippen LogP contribution is -2.53. The van der Waals surface area contributed by atoms with E-state index in [1.165, 1.54) is 26.0 Å². The Morgan fingerprint density at radius 1 is 1.38 bits per heavy atom. The van der Waals surface area contributed by atoms with Crippen LogP contribution in [0.1, 0.15) is 20.3 Å². The number of hydrogen-bond donors (Lipinski definition) is 1. The molecule has 0 bridgehead atoms. The van der Waals surface area contributed by atoms with E-state index in [0.717, 1.165) is 4.31 Å². The number of halogens is 1. The number of rotatable bonds is 6. The zero-order valence-electron chi connectivity index (χ0n) is 11.6. The van der Waals surface area contributed by atoms with E-state index in [2.05, 4.69) is 15.9 Å². The molecule has 0 aliphatic heterocycles. The summed E-state index contributed by atoms with van der Waals surface area (Å²) in [4.78, 5) is 11.3. The van der Waals surface area contributed by atoms with Gasteiger partial charge in [-0.05, 0) is 38.1 Å². The molecule has 0 heterocycles. The minimum Gasteiger partial charge on any atom is -0.480 e. The summed E-state index contributed by atoms with van der Waals surface area (Å²) in [6, 6.07) is 7.72. The third-order valence-electron chi connectivity index (χ3n) is 2.98. The van der Waals surface area contributed by atoms with E-state index < -0.39 is 21.5 Å². The summed E-state index contributed by atoms with van der Waals surface area (Å²) >= 11 is 3.21. The van der Waals surface area contributed by atoms with Crippen molar-refractivity contribution in [2.24, 2.45) is 0 Å². The van der Waals surface area contributed by atoms with E-state index in [0.29, 0.717) is 4.47 Å². The number of carboxylic acid groups (broad SMARTS) is 1. The molecule has 0 fully saturated rings. The zero-order valence-corrected chi connectivity index (χ0v) is 14.0. The second-order valence-corrected chi connectivity index (χ2v) is 7.58. The van der Waals surface area contributed by atoms with Crippen molar-refractivity contribution in [2.45, 2.75) is 30.7 Å². The average Bonchev–Trinajstić information content (AvgIpc) is 2.39. The first kappa shape index (κ1) is 17.6. The van der Waals surface area contributed by atoms with Gasteiger partial charge in [-0.25, -0.2) is 8.42 Å². The maximum atomic E-state index is 12.6. The quantitative estimate of drug-likeness (QED) is 0.822. The van der Waals surface area contributed by atoms with E-state index in [-0.39, 0.29) is 17.9 Å². The van der Waals surface area contributed by atoms with Gasteiger partial charge in [0.1, 0.15) is 5.54 Å². The third-order valence-corrected chi connectivity index (χ3v) is 5.59. The summed E-state index contributed by atoms with van der Waals surface area (Å²) < 4.78 is 26.8. The van der Waals surface area contributed by atoms with Crippen molar-refractivity contribution in [1.29, 1.82) is 5.26 Å². The smallest absolute Gasteiger partial charge is 0.324 e. The molecule has 0 aliphatic rings. The van der Waals surface area contributed by atoms with Crippen LogP contribution in [-0.2, 0) is 14.8 Å². The van der Waals surface area contributed by atoms with Gasteiger partial charge in [0.2, 0.25) is 10.0 Å². The highest BCUT2D eigenvalue weighted by molar-refractivity contribution is 9.10. The molecule has 0 aromatic heterocycles. The van der Waals surface area contributed by atoms with Gasteiger partial charge in [0, 0.05) is 17.4 Å². The summed E-state index contributed by atoms with van der Waals surface area (Å²) in [5, 5.41) is 17.9. The molecule has 0 radical (unpaired) electrons. The molecule has 21 heavy (non-hydrogen) atoms. The first-order chi connectivity index (χ1) is 9.64. The molecule has 0 aliphatic carbocycles. The Labute approximate surface area is 132 Å². The largest absolute Gasteiger partial charge is 0.480 e. The molecule has 1 aromatic carbocycles. The Morgan fingerprint density at radius 2 is 1.90 bits per heavy atom. The predicted molar refractivity (Wildman–Crippen MR) is 80.0 cm³/mol. The maximum Gasteiger partial charge on any atom is 0.324 e. The summed E-state index contributed by atoms with van der Waals surface area (Å²) in [5.74, 6) is -1.28. The highest BCUT2D eigenvalue weighted by atomic mass is 79.9. The Bertz CT molecular complexity index is 662. The number of hydrogen-bond acceptors (Lipinski definition) is 4. The van der Waals surface area contributed by atoms with Crippen molar-refractivity contribution < 1.29 is 18.3 Å². The van der Waals surface area contributed by atoms with Crippen LogP contribution >= 0.6 is 15.9 Å². The monoisotopic (exact) mass is 374 g/mol. The molecule has 1 aromatic rings. The zero-order chi connectivity index (χ0) is 16.3. The van der Waals surface area contributed by atoms with Crippen LogP contribution in [0.2, 0.25) is 0 Å². The van der Waals surface area contributed by atoms with Gasteiger partial charge >= 0.3 is 5.97 Å². The van der Waals surface area contributed by atoms with E-state index in [9.17, 15) is 18.3 Å². The molecular weight excluding hydrogens is 360 g/mol. The third kappa shape index (κ3) is 3.81. The lowest BCUT2D eigenvalue weighted by molar-refractivity contribution is -0.146. The van der Waals surface area contributed by atoms with E-state index >= 15 is 0 Å². The number of nitrogens with zero attached hydrogens (tertiary/aromatic N) is 2. The first-order valence-corrected chi connectivity index (χ1v) is 8.26. The number of nitriles is 1. The standard InChI is InChI=1S/C13H15BrN2O4S/c1-13(2,12(17)18)16(9-3-8-15)21(19,20)11-6-4-10(14)5-7-11/h4-7H,3,9H2,1-2H3,(H,17,18). The van der Waals surface area contributed by atoms with E-state index in [4.69, 9.17) is 5.26 Å². The highest BCUT2D eigenvalue weighted by Crippen LogP contribution is 2.26. The van der Waals surface area contributed by atoms with Crippen LogP contribution in [0, 0.1) is 11.3 Å². The molecule has 0 unspecified atom stereocenters. The molecule has 1 N–H and O–H groups in total. The van der Waals surface area contributed by atoms with Crippen molar-refractivity contribution in [3.05, 3.63) is 28.7 Å². The minimum atomic E-state index is -4.01. The van der Waals surface area contributed by atoms with Gasteiger partial charge < -0.3 is 5.11 Å². The predicted octanol–water partition coefficient (Wildman–Crippen LogP) is 2.22. The van der Waals surface area contributed by atoms with Crippen molar-refractivity contribution in [3.8, 4) is 6.07 Å². The van der Waals surface area contributed by atoms with Gasteiger partial charge in [0.15, 0.2) is 0 Å². The SMILES string of the molecule is CC(C)(C(=O)O)N(CCC#N)S(=O)(=O)c1ccc(Br)cc1. The van der Waals surface area contributed by atoms with Gasteiger partial charge in [-0.15, -0.1) is 0 Å². The van der Waals surface area contributed by atoms with Crippen LogP contribution in [-0.4, -0.2) is 35.9 Å². The van der Waals surface area contributed by atoms with Crippen LogP contribution in [0.3, 0.4) is 0 Å². The Morgan fingerprint density at radius 3 is 2.33 bits per heavy atom. The molecule has 0 amide bonds. The van der Waals surface area contributed by atoms with Crippen LogP contribution in [0.25, 0.3) is 0 Å². The van der Waals surface area contributed by atoms with Crippen molar-refractivity contribution in [3.63, 3.8) is 0 Å². The lowest BCUT2D eigenvalue weighted by Gasteiger charge is -2.33. The molecule has 0 spiro atoms. The number of aliphatic carboxylic acids is 1. The van der Waals surface area contributed by atoms with Gasteiger partial charge in [-0.2, -0.15) is 9.57 Å². The number of sulfonamides is 1. The molecule has 0 atom stereocenters. The van der Waals surface area contributed by atoms with Crippen LogP contribution in [0.4, 0.5) is 0 Å². The van der Waals surface area contributed by atoms with Gasteiger partial charge in [0.25, 0.3) is 0 Å². The molecule has 8 heteroatoms. The Balaban J connectivity index is 3.34. The lowest BCUT2D eigenvalue weighted by atomic mass is 10.1. The van der Waals surface area contributed by atoms with Crippen LogP contribution in [0.15, 0.2) is 33.6 Å². The average molecular weight is 375 g/mol. The minimum absolute atomic E-state index is 0.0158. The van der Waals surface area contributed by atoms with Crippen molar-refractivity contribution in [1.82, 2.24) is 4.31 Å². The van der Waals surface area contributed by atoms with Crippen molar-refractivity contribution >= 4 is 31.9 Å². The summed E-state index contributed by atoms with van der Waals surface area (Å²) in [6.07, 6.45) is -0.0908. The molecule has 1 rings (SSSR count). The second-order valence-electron chi connectivity index (χ2n) is 4.80.